The number of nitrogens with zero attached hydrogens (tertiary/aromatic N) is 1. The van der Waals surface area contributed by atoms with Crippen LogP contribution < -0.4 is 19.5 Å². The summed E-state index contributed by atoms with van der Waals surface area (Å²) >= 11 is 1.26. The van der Waals surface area contributed by atoms with Gasteiger partial charge in [-0.05, 0) is 36.4 Å². The maximum Gasteiger partial charge on any atom is 0.261 e. The fourth-order valence-electron chi connectivity index (χ4n) is 2.48. The number of thiazole rings is 1. The van der Waals surface area contributed by atoms with Crippen molar-refractivity contribution in [3.05, 3.63) is 53.2 Å². The van der Waals surface area contributed by atoms with Crippen molar-refractivity contribution in [2.75, 3.05) is 26.6 Å². The molecule has 1 N–H and O–H groups in total. The molecule has 27 heavy (non-hydrogen) atoms. The molecule has 0 atom stereocenters. The molecule has 1 heterocycles. The lowest BCUT2D eigenvalue weighted by atomic mass is 10.1. The van der Waals surface area contributed by atoms with E-state index >= 15 is 0 Å². The van der Waals surface area contributed by atoms with E-state index in [-0.39, 0.29) is 11.3 Å². The van der Waals surface area contributed by atoms with Crippen molar-refractivity contribution >= 4 is 22.4 Å². The predicted octanol–water partition coefficient (Wildman–Crippen LogP) is 4.23. The second-order valence-electron chi connectivity index (χ2n) is 5.41. The molecule has 0 fully saturated rings. The lowest BCUT2D eigenvalue weighted by Crippen LogP contribution is -2.13. The van der Waals surface area contributed by atoms with Crippen molar-refractivity contribution in [2.45, 2.75) is 0 Å². The number of hydrogen-bond acceptors (Lipinski definition) is 6. The number of amides is 1. The van der Waals surface area contributed by atoms with Crippen molar-refractivity contribution in [2.24, 2.45) is 0 Å². The Labute approximate surface area is 159 Å². The van der Waals surface area contributed by atoms with Gasteiger partial charge in [-0.3, -0.25) is 10.1 Å². The molecular formula is C19H17FN2O4S. The molecule has 0 aliphatic heterocycles. The van der Waals surface area contributed by atoms with Crippen LogP contribution >= 0.6 is 11.3 Å². The fourth-order valence-corrected chi connectivity index (χ4v) is 3.20. The minimum atomic E-state index is -0.522. The van der Waals surface area contributed by atoms with Crippen LogP contribution in [0.2, 0.25) is 0 Å². The van der Waals surface area contributed by atoms with Gasteiger partial charge >= 0.3 is 0 Å². The van der Waals surface area contributed by atoms with E-state index in [2.05, 4.69) is 10.3 Å². The summed E-state index contributed by atoms with van der Waals surface area (Å²) in [4.78, 5) is 16.9. The maximum atomic E-state index is 13.5. The number of carbonyl (C=O) groups excluding carboxylic acids is 1. The van der Waals surface area contributed by atoms with E-state index in [4.69, 9.17) is 14.2 Å². The van der Waals surface area contributed by atoms with Crippen LogP contribution in [-0.2, 0) is 0 Å². The molecule has 3 aromatic rings. The zero-order valence-electron chi connectivity index (χ0n) is 14.9. The molecule has 140 valence electrons. The predicted molar refractivity (Wildman–Crippen MR) is 102 cm³/mol. The van der Waals surface area contributed by atoms with Gasteiger partial charge in [0.2, 0.25) is 0 Å². The minimum absolute atomic E-state index is 0.0976. The summed E-state index contributed by atoms with van der Waals surface area (Å²) in [6.07, 6.45) is 0. The number of aromatic nitrogens is 1. The van der Waals surface area contributed by atoms with Crippen LogP contribution in [0, 0.1) is 5.82 Å². The van der Waals surface area contributed by atoms with Gasteiger partial charge in [-0.15, -0.1) is 11.3 Å². The normalized spacial score (nSPS) is 10.4. The van der Waals surface area contributed by atoms with Crippen LogP contribution in [-0.4, -0.2) is 32.2 Å². The summed E-state index contributed by atoms with van der Waals surface area (Å²) in [6, 6.07) is 9.18. The van der Waals surface area contributed by atoms with Gasteiger partial charge in [0.25, 0.3) is 5.91 Å². The van der Waals surface area contributed by atoms with Gasteiger partial charge in [-0.1, -0.05) is 0 Å². The van der Waals surface area contributed by atoms with Crippen LogP contribution in [0.1, 0.15) is 10.4 Å². The largest absolute Gasteiger partial charge is 0.496 e. The summed E-state index contributed by atoms with van der Waals surface area (Å²) in [5, 5.41) is 4.86. The Morgan fingerprint density at radius 3 is 2.41 bits per heavy atom. The van der Waals surface area contributed by atoms with E-state index in [9.17, 15) is 9.18 Å². The van der Waals surface area contributed by atoms with Crippen LogP contribution in [0.15, 0.2) is 41.8 Å². The van der Waals surface area contributed by atoms with Crippen molar-refractivity contribution in [3.63, 3.8) is 0 Å². The standard InChI is InChI=1S/C19H17FN2O4S/c1-24-15-7-5-12(20)9-13(15)18(23)22-19-21-14(10-27-19)11-4-6-16(25-2)17(8-11)26-3/h4-10H,1-3H3,(H,21,22,23). The van der Waals surface area contributed by atoms with E-state index in [1.807, 2.05) is 6.07 Å². The first-order valence-electron chi connectivity index (χ1n) is 7.88. The molecule has 0 spiro atoms. The van der Waals surface area contributed by atoms with E-state index in [1.54, 1.807) is 31.7 Å². The van der Waals surface area contributed by atoms with Crippen LogP contribution in [0.4, 0.5) is 9.52 Å². The second-order valence-corrected chi connectivity index (χ2v) is 6.26. The highest BCUT2D eigenvalue weighted by molar-refractivity contribution is 7.14. The summed E-state index contributed by atoms with van der Waals surface area (Å²) in [6.45, 7) is 0. The van der Waals surface area contributed by atoms with Gasteiger partial charge in [-0.2, -0.15) is 0 Å². The summed E-state index contributed by atoms with van der Waals surface area (Å²) < 4.78 is 29.1. The van der Waals surface area contributed by atoms with Gasteiger partial charge in [-0.25, -0.2) is 9.37 Å². The molecule has 0 saturated carbocycles. The molecular weight excluding hydrogens is 371 g/mol. The van der Waals surface area contributed by atoms with Crippen molar-refractivity contribution in [1.82, 2.24) is 4.98 Å². The molecule has 0 bridgehead atoms. The number of rotatable bonds is 6. The summed E-state index contributed by atoms with van der Waals surface area (Å²) in [5.41, 5.74) is 1.58. The first-order valence-corrected chi connectivity index (χ1v) is 8.76. The Morgan fingerprint density at radius 2 is 1.70 bits per heavy atom. The molecule has 1 amide bonds. The Bertz CT molecular complexity index is 974. The third kappa shape index (κ3) is 4.01. The molecule has 0 aliphatic carbocycles. The third-order valence-corrected chi connectivity index (χ3v) is 4.57. The Morgan fingerprint density at radius 1 is 1.00 bits per heavy atom. The molecule has 0 saturated heterocycles. The highest BCUT2D eigenvalue weighted by Gasteiger charge is 2.16. The molecule has 0 aliphatic rings. The Balaban J connectivity index is 1.82. The number of carbonyl (C=O) groups is 1. The highest BCUT2D eigenvalue weighted by atomic mass is 32.1. The quantitative estimate of drug-likeness (QED) is 0.684. The first kappa shape index (κ1) is 18.7. The topological polar surface area (TPSA) is 69.7 Å². The van der Waals surface area contributed by atoms with Crippen molar-refractivity contribution < 1.29 is 23.4 Å². The number of anilines is 1. The number of hydrogen-bond donors (Lipinski definition) is 1. The minimum Gasteiger partial charge on any atom is -0.496 e. The zero-order valence-corrected chi connectivity index (χ0v) is 15.7. The average molecular weight is 388 g/mol. The molecule has 8 heteroatoms. The highest BCUT2D eigenvalue weighted by Crippen LogP contribution is 2.33. The maximum absolute atomic E-state index is 13.5. The van der Waals surface area contributed by atoms with Gasteiger partial charge in [0.05, 0.1) is 32.6 Å². The number of benzene rings is 2. The molecule has 3 rings (SSSR count). The lowest BCUT2D eigenvalue weighted by molar-refractivity contribution is 0.102. The van der Waals surface area contributed by atoms with E-state index in [1.165, 1.54) is 30.6 Å². The van der Waals surface area contributed by atoms with E-state index in [0.29, 0.717) is 22.3 Å². The van der Waals surface area contributed by atoms with Gasteiger partial charge < -0.3 is 14.2 Å². The second kappa shape index (κ2) is 8.05. The molecule has 6 nitrogen and oxygen atoms in total. The Kier molecular flexibility index (Phi) is 5.56. The zero-order chi connectivity index (χ0) is 19.4. The number of methoxy groups -OCH3 is 3. The van der Waals surface area contributed by atoms with Crippen molar-refractivity contribution in [1.29, 1.82) is 0 Å². The lowest BCUT2D eigenvalue weighted by Gasteiger charge is -2.08. The van der Waals surface area contributed by atoms with Crippen molar-refractivity contribution in [3.8, 4) is 28.5 Å². The van der Waals surface area contributed by atoms with Gasteiger partial charge in [0.1, 0.15) is 11.6 Å². The number of nitrogens with one attached hydrogen (secondary N) is 1. The van der Waals surface area contributed by atoms with E-state index < -0.39 is 11.7 Å². The number of halogens is 1. The number of ether oxygens (including phenoxy) is 3. The first-order chi connectivity index (χ1) is 13.0. The van der Waals surface area contributed by atoms with Gasteiger partial charge in [0.15, 0.2) is 16.6 Å². The average Bonchev–Trinajstić information content (AvgIpc) is 3.15. The Hall–Kier alpha value is -3.13. The monoisotopic (exact) mass is 388 g/mol. The fraction of sp³-hybridized carbons (Fsp3) is 0.158. The van der Waals surface area contributed by atoms with Crippen LogP contribution in [0.25, 0.3) is 11.3 Å². The summed E-state index contributed by atoms with van der Waals surface area (Å²) in [5.74, 6) is 0.456. The van der Waals surface area contributed by atoms with Crippen LogP contribution in [0.5, 0.6) is 17.2 Å². The smallest absolute Gasteiger partial charge is 0.261 e. The SMILES string of the molecule is COc1ccc(-c2csc(NC(=O)c3cc(F)ccc3OC)n2)cc1OC. The molecule has 1 aromatic heterocycles. The van der Waals surface area contributed by atoms with Gasteiger partial charge in [0, 0.05) is 10.9 Å². The molecule has 0 unspecified atom stereocenters. The molecule has 2 aromatic carbocycles. The van der Waals surface area contributed by atoms with E-state index in [0.717, 1.165) is 11.6 Å². The summed E-state index contributed by atoms with van der Waals surface area (Å²) in [7, 11) is 4.54. The third-order valence-electron chi connectivity index (χ3n) is 3.81. The molecule has 0 radical (unpaired) electrons. The van der Waals surface area contributed by atoms with Crippen LogP contribution in [0.3, 0.4) is 0 Å².